The Morgan fingerprint density at radius 1 is 1.37 bits per heavy atom. The first kappa shape index (κ1) is 15.9. The Balaban J connectivity index is 2.90. The number of hydrogen-bond donors (Lipinski definition) is 1. The molecule has 0 atom stereocenters. The summed E-state index contributed by atoms with van der Waals surface area (Å²) in [6.07, 6.45) is -0.691. The minimum atomic E-state index is -4.77. The van der Waals surface area contributed by atoms with Gasteiger partial charge in [-0.2, -0.15) is 8.42 Å². The van der Waals surface area contributed by atoms with Crippen molar-refractivity contribution in [2.45, 2.75) is 31.3 Å². The Labute approximate surface area is 119 Å². The zero-order valence-corrected chi connectivity index (χ0v) is 12.9. The van der Waals surface area contributed by atoms with E-state index in [1.54, 1.807) is 20.8 Å². The fraction of sp³-hybridized carbons (Fsp3) is 0.364. The van der Waals surface area contributed by atoms with E-state index < -0.39 is 26.8 Å². The zero-order chi connectivity index (χ0) is 14.8. The summed E-state index contributed by atoms with van der Waals surface area (Å²) in [6.45, 7) is 5.13. The first-order chi connectivity index (χ1) is 8.49. The molecule has 0 bridgehead atoms. The summed E-state index contributed by atoms with van der Waals surface area (Å²) in [4.78, 5) is 11.0. The number of halogens is 2. The summed E-state index contributed by atoms with van der Waals surface area (Å²) in [7, 11) is -4.77. The Bertz CT molecular complexity index is 595. The van der Waals surface area contributed by atoms with Gasteiger partial charge in [0, 0.05) is 4.47 Å². The summed E-state index contributed by atoms with van der Waals surface area (Å²) in [5.74, 6) is 0. The lowest BCUT2D eigenvalue weighted by atomic mass is 10.2. The maximum Gasteiger partial charge on any atom is 0.412 e. The van der Waals surface area contributed by atoms with E-state index in [0.29, 0.717) is 0 Å². The normalized spacial score (nSPS) is 12.1. The van der Waals surface area contributed by atoms with Crippen LogP contribution in [0.25, 0.3) is 0 Å². The van der Waals surface area contributed by atoms with Gasteiger partial charge < -0.3 is 4.74 Å². The molecule has 8 heteroatoms. The molecule has 0 unspecified atom stereocenters. The van der Waals surface area contributed by atoms with Crippen LogP contribution in [0, 0.1) is 0 Å². The van der Waals surface area contributed by atoms with E-state index in [2.05, 4.69) is 21.2 Å². The SMILES string of the molecule is CC(C)(C)OC(=O)Nc1ccc(S(=O)(=O)F)cc1Br. The molecule has 0 heterocycles. The molecule has 19 heavy (non-hydrogen) atoms. The lowest BCUT2D eigenvalue weighted by Crippen LogP contribution is -2.27. The summed E-state index contributed by atoms with van der Waals surface area (Å²) in [5.41, 5.74) is -0.375. The van der Waals surface area contributed by atoms with Gasteiger partial charge in [0.15, 0.2) is 0 Å². The summed E-state index contributed by atoms with van der Waals surface area (Å²) >= 11 is 3.05. The van der Waals surface area contributed by atoms with Crippen LogP contribution >= 0.6 is 15.9 Å². The van der Waals surface area contributed by atoms with E-state index >= 15 is 0 Å². The second-order valence-electron chi connectivity index (χ2n) is 4.71. The van der Waals surface area contributed by atoms with Crippen LogP contribution in [0.4, 0.5) is 14.4 Å². The molecule has 106 valence electrons. The summed E-state index contributed by atoms with van der Waals surface area (Å²) in [5, 5.41) is 2.42. The van der Waals surface area contributed by atoms with Crippen molar-refractivity contribution in [3.05, 3.63) is 22.7 Å². The van der Waals surface area contributed by atoms with Crippen LogP contribution in [0.2, 0.25) is 0 Å². The van der Waals surface area contributed by atoms with Gasteiger partial charge in [-0.25, -0.2) is 4.79 Å². The van der Waals surface area contributed by atoms with Crippen molar-refractivity contribution < 1.29 is 21.8 Å². The third kappa shape index (κ3) is 5.15. The number of benzene rings is 1. The zero-order valence-electron chi connectivity index (χ0n) is 10.5. The topological polar surface area (TPSA) is 72.5 Å². The van der Waals surface area contributed by atoms with Gasteiger partial charge in [0.2, 0.25) is 0 Å². The van der Waals surface area contributed by atoms with Gasteiger partial charge in [-0.3, -0.25) is 5.32 Å². The van der Waals surface area contributed by atoms with Gasteiger partial charge in [0.25, 0.3) is 0 Å². The Kier molecular flexibility index (Phi) is 4.57. The smallest absolute Gasteiger partial charge is 0.412 e. The first-order valence-electron chi connectivity index (χ1n) is 5.23. The monoisotopic (exact) mass is 353 g/mol. The highest BCUT2D eigenvalue weighted by Gasteiger charge is 2.18. The molecule has 1 N–H and O–H groups in total. The highest BCUT2D eigenvalue weighted by atomic mass is 79.9. The molecule has 5 nitrogen and oxygen atoms in total. The molecule has 0 spiro atoms. The van der Waals surface area contributed by atoms with Crippen LogP contribution in [-0.4, -0.2) is 20.1 Å². The number of ether oxygens (including phenoxy) is 1. The molecule has 0 aliphatic carbocycles. The van der Waals surface area contributed by atoms with E-state index in [-0.39, 0.29) is 10.2 Å². The molecule has 1 aromatic carbocycles. The fourth-order valence-corrected chi connectivity index (χ4v) is 2.28. The van der Waals surface area contributed by atoms with Crippen LogP contribution < -0.4 is 5.32 Å². The van der Waals surface area contributed by atoms with E-state index in [1.807, 2.05) is 0 Å². The van der Waals surface area contributed by atoms with Crippen molar-refractivity contribution in [1.82, 2.24) is 0 Å². The molecular weight excluding hydrogens is 341 g/mol. The molecule has 0 saturated heterocycles. The maximum absolute atomic E-state index is 12.8. The summed E-state index contributed by atoms with van der Waals surface area (Å²) in [6, 6.07) is 3.37. The van der Waals surface area contributed by atoms with E-state index in [9.17, 15) is 17.1 Å². The van der Waals surface area contributed by atoms with Crippen molar-refractivity contribution in [2.24, 2.45) is 0 Å². The number of carbonyl (C=O) groups excluding carboxylic acids is 1. The van der Waals surface area contributed by atoms with Crippen molar-refractivity contribution in [2.75, 3.05) is 5.32 Å². The van der Waals surface area contributed by atoms with Crippen molar-refractivity contribution in [1.29, 1.82) is 0 Å². The van der Waals surface area contributed by atoms with Gasteiger partial charge in [-0.1, -0.05) is 0 Å². The minimum Gasteiger partial charge on any atom is -0.444 e. The molecule has 0 aliphatic rings. The first-order valence-corrected chi connectivity index (χ1v) is 7.41. The predicted octanol–water partition coefficient (Wildman–Crippen LogP) is 3.45. The molecule has 1 amide bonds. The van der Waals surface area contributed by atoms with Gasteiger partial charge in [0.1, 0.15) is 5.60 Å². The lowest BCUT2D eigenvalue weighted by Gasteiger charge is -2.20. The second-order valence-corrected chi connectivity index (χ2v) is 6.91. The average Bonchev–Trinajstić information content (AvgIpc) is 2.16. The molecule has 1 aromatic rings. The van der Waals surface area contributed by atoms with Gasteiger partial charge in [-0.05, 0) is 54.9 Å². The van der Waals surface area contributed by atoms with Crippen molar-refractivity contribution >= 4 is 37.9 Å². The van der Waals surface area contributed by atoms with Crippen LogP contribution in [0.5, 0.6) is 0 Å². The third-order valence-corrected chi connectivity index (χ3v) is 3.33. The third-order valence-electron chi connectivity index (χ3n) is 1.86. The minimum absolute atomic E-state index is 0.233. The number of rotatable bonds is 2. The number of hydrogen-bond acceptors (Lipinski definition) is 4. The lowest BCUT2D eigenvalue weighted by molar-refractivity contribution is 0.0636. The summed E-state index contributed by atoms with van der Waals surface area (Å²) < 4.78 is 39.4. The van der Waals surface area contributed by atoms with Crippen LogP contribution in [0.3, 0.4) is 0 Å². The molecule has 0 saturated carbocycles. The number of nitrogens with one attached hydrogen (secondary N) is 1. The molecule has 1 rings (SSSR count). The molecular formula is C11H13BrFNO4S. The Morgan fingerprint density at radius 3 is 2.37 bits per heavy atom. The van der Waals surface area contributed by atoms with Crippen LogP contribution in [0.1, 0.15) is 20.8 Å². The van der Waals surface area contributed by atoms with E-state index in [0.717, 1.165) is 12.1 Å². The van der Waals surface area contributed by atoms with Crippen molar-refractivity contribution in [3.8, 4) is 0 Å². The maximum atomic E-state index is 12.8. The van der Waals surface area contributed by atoms with Crippen LogP contribution in [0.15, 0.2) is 27.6 Å². The van der Waals surface area contributed by atoms with Crippen LogP contribution in [-0.2, 0) is 15.0 Å². The highest BCUT2D eigenvalue weighted by molar-refractivity contribution is 9.10. The predicted molar refractivity (Wildman–Crippen MR) is 72.3 cm³/mol. The largest absolute Gasteiger partial charge is 0.444 e. The molecule has 0 aliphatic heterocycles. The second kappa shape index (κ2) is 5.46. The molecule has 0 aromatic heterocycles. The van der Waals surface area contributed by atoms with E-state index in [4.69, 9.17) is 4.74 Å². The Morgan fingerprint density at radius 2 is 1.95 bits per heavy atom. The number of carbonyl (C=O) groups is 1. The van der Waals surface area contributed by atoms with E-state index in [1.165, 1.54) is 6.07 Å². The number of anilines is 1. The Hall–Kier alpha value is -1.15. The molecule has 0 radical (unpaired) electrons. The molecule has 0 fully saturated rings. The van der Waals surface area contributed by atoms with Gasteiger partial charge in [-0.15, -0.1) is 3.89 Å². The number of amides is 1. The van der Waals surface area contributed by atoms with Gasteiger partial charge >= 0.3 is 16.3 Å². The van der Waals surface area contributed by atoms with Gasteiger partial charge in [0.05, 0.1) is 10.6 Å². The average molecular weight is 354 g/mol. The van der Waals surface area contributed by atoms with Crippen molar-refractivity contribution in [3.63, 3.8) is 0 Å². The quantitative estimate of drug-likeness (QED) is 0.826. The standard InChI is InChI=1S/C11H13BrFNO4S/c1-11(2,3)18-10(15)14-9-5-4-7(6-8(9)12)19(13,16)17/h4-6H,1-3H3,(H,14,15). The highest BCUT2D eigenvalue weighted by Crippen LogP contribution is 2.27. The fourth-order valence-electron chi connectivity index (χ4n) is 1.16.